The van der Waals surface area contributed by atoms with Crippen LogP contribution in [0.1, 0.15) is 24.5 Å². The van der Waals surface area contributed by atoms with Crippen molar-refractivity contribution >= 4 is 21.6 Å². The SMILES string of the molecule is CCC(Oc1ccc(N(C)S(C)(=O)=O)cc1)C(=O)NCc1ccccc1C. The van der Waals surface area contributed by atoms with Gasteiger partial charge in [0.15, 0.2) is 6.10 Å². The van der Waals surface area contributed by atoms with E-state index in [1.165, 1.54) is 11.4 Å². The van der Waals surface area contributed by atoms with Gasteiger partial charge in [0.25, 0.3) is 5.91 Å². The molecule has 0 aliphatic carbocycles. The van der Waals surface area contributed by atoms with Crippen molar-refractivity contribution in [1.29, 1.82) is 0 Å². The van der Waals surface area contributed by atoms with E-state index in [4.69, 9.17) is 4.74 Å². The number of sulfonamides is 1. The third kappa shape index (κ3) is 5.72. The van der Waals surface area contributed by atoms with E-state index in [0.29, 0.717) is 24.4 Å². The van der Waals surface area contributed by atoms with Crippen molar-refractivity contribution in [3.05, 3.63) is 59.7 Å². The Morgan fingerprint density at radius 3 is 2.33 bits per heavy atom. The molecular formula is C20H26N2O4S. The number of carbonyl (C=O) groups excluding carboxylic acids is 1. The Balaban J connectivity index is 1.99. The molecule has 1 atom stereocenters. The zero-order chi connectivity index (χ0) is 20.0. The number of rotatable bonds is 8. The van der Waals surface area contributed by atoms with Crippen molar-refractivity contribution in [2.45, 2.75) is 32.9 Å². The van der Waals surface area contributed by atoms with Gasteiger partial charge in [0, 0.05) is 13.6 Å². The first-order chi connectivity index (χ1) is 12.7. The summed E-state index contributed by atoms with van der Waals surface area (Å²) in [4.78, 5) is 12.4. The standard InChI is InChI=1S/C20H26N2O4S/c1-5-19(20(23)21-14-16-9-7-6-8-15(16)2)26-18-12-10-17(11-13-18)22(3)27(4,24)25/h6-13,19H,5,14H2,1-4H3,(H,21,23). The van der Waals surface area contributed by atoms with Gasteiger partial charge in [-0.1, -0.05) is 31.2 Å². The topological polar surface area (TPSA) is 75.7 Å². The van der Waals surface area contributed by atoms with Gasteiger partial charge in [-0.2, -0.15) is 0 Å². The summed E-state index contributed by atoms with van der Waals surface area (Å²) in [6, 6.07) is 14.5. The molecule has 0 saturated carbocycles. The van der Waals surface area contributed by atoms with E-state index >= 15 is 0 Å². The number of ether oxygens (including phenoxy) is 1. The highest BCUT2D eigenvalue weighted by molar-refractivity contribution is 7.92. The molecular weight excluding hydrogens is 364 g/mol. The van der Waals surface area contributed by atoms with Gasteiger partial charge in [0.1, 0.15) is 5.75 Å². The van der Waals surface area contributed by atoms with Crippen LogP contribution in [0.2, 0.25) is 0 Å². The molecule has 0 aliphatic rings. The first kappa shape index (κ1) is 20.8. The summed E-state index contributed by atoms with van der Waals surface area (Å²) in [6.07, 6.45) is 1.04. The number of carbonyl (C=O) groups is 1. The predicted octanol–water partition coefficient (Wildman–Crippen LogP) is 2.86. The Bertz CT molecular complexity index is 879. The van der Waals surface area contributed by atoms with Gasteiger partial charge in [-0.25, -0.2) is 8.42 Å². The fourth-order valence-corrected chi connectivity index (χ4v) is 3.02. The van der Waals surface area contributed by atoms with E-state index in [2.05, 4.69) is 5.32 Å². The van der Waals surface area contributed by atoms with Crippen LogP contribution in [0, 0.1) is 6.92 Å². The highest BCUT2D eigenvalue weighted by Gasteiger charge is 2.19. The quantitative estimate of drug-likeness (QED) is 0.752. The smallest absolute Gasteiger partial charge is 0.261 e. The minimum absolute atomic E-state index is 0.182. The number of benzene rings is 2. The van der Waals surface area contributed by atoms with Crippen molar-refractivity contribution in [3.63, 3.8) is 0 Å². The highest BCUT2D eigenvalue weighted by atomic mass is 32.2. The van der Waals surface area contributed by atoms with Crippen molar-refractivity contribution in [2.24, 2.45) is 0 Å². The van der Waals surface area contributed by atoms with Crippen molar-refractivity contribution in [3.8, 4) is 5.75 Å². The van der Waals surface area contributed by atoms with E-state index in [9.17, 15) is 13.2 Å². The minimum Gasteiger partial charge on any atom is -0.481 e. The Kier molecular flexibility index (Phi) is 6.85. The highest BCUT2D eigenvalue weighted by Crippen LogP contribution is 2.21. The van der Waals surface area contributed by atoms with Gasteiger partial charge in [-0.3, -0.25) is 9.10 Å². The molecule has 2 rings (SSSR count). The minimum atomic E-state index is -3.32. The molecule has 0 spiro atoms. The number of anilines is 1. The number of hydrogen-bond acceptors (Lipinski definition) is 4. The molecule has 1 N–H and O–H groups in total. The number of amides is 1. The number of nitrogens with one attached hydrogen (secondary N) is 1. The fraction of sp³-hybridized carbons (Fsp3) is 0.350. The molecule has 27 heavy (non-hydrogen) atoms. The van der Waals surface area contributed by atoms with Crippen LogP contribution in [-0.2, 0) is 21.4 Å². The third-order valence-electron chi connectivity index (χ3n) is 4.35. The lowest BCUT2D eigenvalue weighted by Gasteiger charge is -2.19. The lowest BCUT2D eigenvalue weighted by molar-refractivity contribution is -0.128. The van der Waals surface area contributed by atoms with Gasteiger partial charge < -0.3 is 10.1 Å². The average molecular weight is 391 g/mol. The van der Waals surface area contributed by atoms with Gasteiger partial charge in [0.05, 0.1) is 11.9 Å². The van der Waals surface area contributed by atoms with Crippen LogP contribution in [-0.4, -0.2) is 33.7 Å². The molecule has 0 aromatic heterocycles. The van der Waals surface area contributed by atoms with Crippen LogP contribution < -0.4 is 14.4 Å². The molecule has 6 nitrogen and oxygen atoms in total. The molecule has 0 aliphatic heterocycles. The third-order valence-corrected chi connectivity index (χ3v) is 5.56. The summed E-state index contributed by atoms with van der Waals surface area (Å²) < 4.78 is 30.1. The second-order valence-electron chi connectivity index (χ2n) is 6.38. The first-order valence-electron chi connectivity index (χ1n) is 8.75. The van der Waals surface area contributed by atoms with Gasteiger partial charge in [-0.15, -0.1) is 0 Å². The molecule has 0 radical (unpaired) electrons. The second kappa shape index (κ2) is 8.90. The van der Waals surface area contributed by atoms with Gasteiger partial charge >= 0.3 is 0 Å². The van der Waals surface area contributed by atoms with Gasteiger partial charge in [0.2, 0.25) is 10.0 Å². The molecule has 0 heterocycles. The van der Waals surface area contributed by atoms with Crippen molar-refractivity contribution in [1.82, 2.24) is 5.32 Å². The average Bonchev–Trinajstić information content (AvgIpc) is 2.64. The molecule has 0 saturated heterocycles. The summed E-state index contributed by atoms with van der Waals surface area (Å²) >= 11 is 0. The normalized spacial score (nSPS) is 12.3. The summed E-state index contributed by atoms with van der Waals surface area (Å²) in [5.74, 6) is 0.330. The van der Waals surface area contributed by atoms with Crippen LogP contribution in [0.3, 0.4) is 0 Å². The molecule has 7 heteroatoms. The fourth-order valence-electron chi connectivity index (χ4n) is 2.52. The number of aryl methyl sites for hydroxylation is 1. The monoisotopic (exact) mass is 390 g/mol. The zero-order valence-corrected chi connectivity index (χ0v) is 16.9. The number of nitrogens with zero attached hydrogens (tertiary/aromatic N) is 1. The van der Waals surface area contributed by atoms with Crippen LogP contribution >= 0.6 is 0 Å². The molecule has 146 valence electrons. The lowest BCUT2D eigenvalue weighted by atomic mass is 10.1. The molecule has 0 bridgehead atoms. The second-order valence-corrected chi connectivity index (χ2v) is 8.40. The molecule has 1 unspecified atom stereocenters. The molecule has 0 fully saturated rings. The first-order valence-corrected chi connectivity index (χ1v) is 10.6. The maximum Gasteiger partial charge on any atom is 0.261 e. The zero-order valence-electron chi connectivity index (χ0n) is 16.1. The maximum absolute atomic E-state index is 12.4. The predicted molar refractivity (Wildman–Crippen MR) is 107 cm³/mol. The van der Waals surface area contributed by atoms with E-state index in [0.717, 1.165) is 17.4 Å². The maximum atomic E-state index is 12.4. The summed E-state index contributed by atoms with van der Waals surface area (Å²) in [7, 11) is -1.83. The lowest BCUT2D eigenvalue weighted by Crippen LogP contribution is -2.37. The Hall–Kier alpha value is -2.54. The Labute approximate surface area is 161 Å². The summed E-state index contributed by atoms with van der Waals surface area (Å²) in [6.45, 7) is 4.33. The van der Waals surface area contributed by atoms with Crippen LogP contribution in [0.5, 0.6) is 5.75 Å². The Morgan fingerprint density at radius 2 is 1.78 bits per heavy atom. The van der Waals surface area contributed by atoms with Crippen molar-refractivity contribution in [2.75, 3.05) is 17.6 Å². The number of hydrogen-bond donors (Lipinski definition) is 1. The molecule has 2 aromatic carbocycles. The van der Waals surface area contributed by atoms with Crippen molar-refractivity contribution < 1.29 is 17.9 Å². The van der Waals surface area contributed by atoms with E-state index in [1.807, 2.05) is 38.1 Å². The molecule has 1 amide bonds. The van der Waals surface area contributed by atoms with E-state index in [1.54, 1.807) is 24.3 Å². The van der Waals surface area contributed by atoms with E-state index < -0.39 is 16.1 Å². The van der Waals surface area contributed by atoms with Crippen LogP contribution in [0.15, 0.2) is 48.5 Å². The summed E-state index contributed by atoms with van der Waals surface area (Å²) in [5.41, 5.74) is 2.72. The van der Waals surface area contributed by atoms with Crippen LogP contribution in [0.25, 0.3) is 0 Å². The summed E-state index contributed by atoms with van der Waals surface area (Å²) in [5, 5.41) is 2.91. The molecule has 2 aromatic rings. The largest absolute Gasteiger partial charge is 0.481 e. The Morgan fingerprint density at radius 1 is 1.15 bits per heavy atom. The van der Waals surface area contributed by atoms with Gasteiger partial charge in [-0.05, 0) is 48.7 Å². The van der Waals surface area contributed by atoms with E-state index in [-0.39, 0.29) is 5.91 Å². The van der Waals surface area contributed by atoms with Crippen LogP contribution in [0.4, 0.5) is 5.69 Å².